The van der Waals surface area contributed by atoms with Crippen molar-refractivity contribution in [1.82, 2.24) is 0 Å². The summed E-state index contributed by atoms with van der Waals surface area (Å²) in [6, 6.07) is 73.3. The highest BCUT2D eigenvalue weighted by Crippen LogP contribution is 2.58. The van der Waals surface area contributed by atoms with Crippen LogP contribution in [-0.4, -0.2) is 11.5 Å². The van der Waals surface area contributed by atoms with E-state index in [1.165, 1.54) is 72.3 Å². The largest absolute Gasteiger partial charge is 0.258 e. The molecule has 0 aromatic heterocycles. The maximum atomic E-state index is 5.87. The van der Waals surface area contributed by atoms with Gasteiger partial charge in [0.1, 0.15) is 0 Å². The normalized spacial score (nSPS) is 15.6. The van der Waals surface area contributed by atoms with E-state index < -0.39 is 5.41 Å². The Hall–Kier alpha value is -6.90. The van der Waals surface area contributed by atoms with Gasteiger partial charge < -0.3 is 0 Å². The third kappa shape index (κ3) is 6.40. The molecular weight excluding hydrogens is 749 g/mol. The van der Waals surface area contributed by atoms with E-state index >= 15 is 0 Å². The van der Waals surface area contributed by atoms with E-state index in [-0.39, 0.29) is 17.4 Å². The Morgan fingerprint density at radius 2 is 0.984 bits per heavy atom. The lowest BCUT2D eigenvalue weighted by Crippen LogP contribution is -2.29. The molecule has 0 heterocycles. The molecule has 0 aliphatic heterocycles. The second-order valence-electron chi connectivity index (χ2n) is 17.7. The van der Waals surface area contributed by atoms with Crippen LogP contribution in [0.1, 0.15) is 97.2 Å². The zero-order valence-corrected chi connectivity index (χ0v) is 36.3. The van der Waals surface area contributed by atoms with Crippen molar-refractivity contribution in [2.75, 3.05) is 0 Å². The van der Waals surface area contributed by atoms with Crippen molar-refractivity contribution in [2.45, 2.75) is 57.9 Å². The molecule has 8 aromatic carbocycles. The van der Waals surface area contributed by atoms with Crippen LogP contribution in [0.25, 0.3) is 33.4 Å². The number of aliphatic imine (C=N–C) groups is 2. The highest BCUT2D eigenvalue weighted by Gasteiger charge is 2.47. The molecule has 2 nitrogen and oxygen atoms in total. The first-order valence-electron chi connectivity index (χ1n) is 22.2. The third-order valence-corrected chi connectivity index (χ3v) is 13.8. The number of amidine groups is 1. The summed E-state index contributed by atoms with van der Waals surface area (Å²) in [7, 11) is 0. The second-order valence-corrected chi connectivity index (χ2v) is 17.7. The summed E-state index contributed by atoms with van der Waals surface area (Å²) >= 11 is 0. The lowest BCUT2D eigenvalue weighted by atomic mass is 9.67. The highest BCUT2D eigenvalue weighted by atomic mass is 15.0. The highest BCUT2D eigenvalue weighted by molar-refractivity contribution is 6.11. The molecule has 0 N–H and O–H groups in total. The van der Waals surface area contributed by atoms with Gasteiger partial charge in [0.2, 0.25) is 0 Å². The first-order valence-corrected chi connectivity index (χ1v) is 22.2. The minimum atomic E-state index is -0.545. The van der Waals surface area contributed by atoms with Crippen LogP contribution in [0.15, 0.2) is 210 Å². The molecule has 2 heteroatoms. The molecule has 0 radical (unpaired) electrons. The summed E-state index contributed by atoms with van der Waals surface area (Å²) in [5, 5.41) is 0. The minimum Gasteiger partial charge on any atom is -0.258 e. The van der Waals surface area contributed by atoms with Gasteiger partial charge in [-0.2, -0.15) is 0 Å². The van der Waals surface area contributed by atoms with E-state index in [9.17, 15) is 0 Å². The van der Waals surface area contributed by atoms with Crippen LogP contribution in [0.2, 0.25) is 0 Å². The van der Waals surface area contributed by atoms with Crippen molar-refractivity contribution in [2.24, 2.45) is 15.9 Å². The maximum absolute atomic E-state index is 5.87. The number of hydrogen-bond donors (Lipinski definition) is 0. The molecule has 2 unspecified atom stereocenters. The van der Waals surface area contributed by atoms with E-state index in [1.807, 2.05) is 0 Å². The average molecular weight is 801 g/mol. The molecule has 0 saturated heterocycles. The zero-order chi connectivity index (χ0) is 42.4. The van der Waals surface area contributed by atoms with E-state index in [4.69, 9.17) is 9.98 Å². The molecule has 0 amide bonds. The molecule has 2 atom stereocenters. The van der Waals surface area contributed by atoms with Crippen LogP contribution in [0.5, 0.6) is 0 Å². The van der Waals surface area contributed by atoms with Crippen LogP contribution < -0.4 is 0 Å². The Morgan fingerprint density at radius 1 is 0.484 bits per heavy atom. The molecule has 0 saturated carbocycles. The molecular formula is C60H52N2. The Morgan fingerprint density at radius 3 is 1.60 bits per heavy atom. The van der Waals surface area contributed by atoms with Crippen LogP contribution in [0.3, 0.4) is 0 Å². The number of nitrogens with zero attached hydrogens (tertiary/aromatic N) is 2. The molecule has 302 valence electrons. The Balaban J connectivity index is 1.30. The monoisotopic (exact) mass is 800 g/mol. The first kappa shape index (κ1) is 39.2. The fourth-order valence-electron chi connectivity index (χ4n) is 10.4. The molecule has 2 aliphatic carbocycles. The summed E-state index contributed by atoms with van der Waals surface area (Å²) in [6.07, 6.45) is 0.947. The molecule has 0 bridgehead atoms. The molecule has 8 aromatic rings. The molecule has 2 aliphatic rings. The topological polar surface area (TPSA) is 24.7 Å². The zero-order valence-electron chi connectivity index (χ0n) is 36.3. The van der Waals surface area contributed by atoms with E-state index in [0.29, 0.717) is 0 Å². The lowest BCUT2D eigenvalue weighted by molar-refractivity contribution is 0.459. The van der Waals surface area contributed by atoms with Gasteiger partial charge in [0.05, 0.1) is 11.5 Å². The number of benzene rings is 8. The fourth-order valence-corrected chi connectivity index (χ4v) is 10.4. The standard InChI is InChI=1S/C60H52N2/c1-6-40(2)57(62-58(43-25-13-8-14-26-43)61-41(3)42-23-11-7-12-24-42)52-39-56-51(38-49(52)44-35-36-54-50(37-44)47-31-19-21-33-53(47)59(54,4)5)48-32-20-22-34-55(48)60(56,45-27-15-9-16-28-45)46-29-17-10-18-30-46/h7-40,57H,6H2,1-5H3/b61-41+,62-58-. The molecule has 62 heavy (non-hydrogen) atoms. The predicted octanol–water partition coefficient (Wildman–Crippen LogP) is 15.1. The Bertz CT molecular complexity index is 2940. The summed E-state index contributed by atoms with van der Waals surface area (Å²) in [6.45, 7) is 11.5. The smallest absolute Gasteiger partial charge is 0.155 e. The van der Waals surface area contributed by atoms with Gasteiger partial charge in [-0.05, 0) is 103 Å². The number of hydrogen-bond acceptors (Lipinski definition) is 1. The van der Waals surface area contributed by atoms with Gasteiger partial charge in [0.15, 0.2) is 5.84 Å². The van der Waals surface area contributed by atoms with Crippen molar-refractivity contribution in [3.05, 3.63) is 250 Å². The number of fused-ring (bicyclic) bond motifs is 6. The van der Waals surface area contributed by atoms with Crippen molar-refractivity contribution in [3.8, 4) is 33.4 Å². The van der Waals surface area contributed by atoms with E-state index in [0.717, 1.165) is 29.1 Å². The first-order chi connectivity index (χ1) is 30.3. The SMILES string of the molecule is CCC(C)C(/N=C(\N=C(/C)c1ccccc1)c1ccccc1)c1cc2c(cc1-c1ccc3c(c1)-c1ccccc1C3(C)C)-c1ccccc1C2(c1ccccc1)c1ccccc1. The van der Waals surface area contributed by atoms with Crippen LogP contribution >= 0.6 is 0 Å². The van der Waals surface area contributed by atoms with Crippen molar-refractivity contribution < 1.29 is 0 Å². The van der Waals surface area contributed by atoms with Gasteiger partial charge in [0, 0.05) is 16.7 Å². The Labute approximate surface area is 367 Å². The Kier molecular flexibility index (Phi) is 10.0. The predicted molar refractivity (Wildman–Crippen MR) is 261 cm³/mol. The van der Waals surface area contributed by atoms with Gasteiger partial charge >= 0.3 is 0 Å². The lowest BCUT2D eigenvalue weighted by Gasteiger charge is -2.35. The van der Waals surface area contributed by atoms with Gasteiger partial charge in [0.25, 0.3) is 0 Å². The molecule has 0 fully saturated rings. The van der Waals surface area contributed by atoms with Crippen LogP contribution in [-0.2, 0) is 10.8 Å². The maximum Gasteiger partial charge on any atom is 0.155 e. The number of rotatable bonds is 9. The van der Waals surface area contributed by atoms with Crippen molar-refractivity contribution >= 4 is 11.5 Å². The van der Waals surface area contributed by atoms with E-state index in [1.54, 1.807) is 0 Å². The minimum absolute atomic E-state index is 0.0854. The van der Waals surface area contributed by atoms with Crippen LogP contribution in [0, 0.1) is 5.92 Å². The molecule has 10 rings (SSSR count). The van der Waals surface area contributed by atoms with Gasteiger partial charge in [-0.3, -0.25) is 4.99 Å². The fraction of sp³-hybridized carbons (Fsp3) is 0.167. The second kappa shape index (κ2) is 15.9. The summed E-state index contributed by atoms with van der Waals surface area (Å²) in [4.78, 5) is 11.3. The van der Waals surface area contributed by atoms with Crippen molar-refractivity contribution in [1.29, 1.82) is 0 Å². The molecule has 0 spiro atoms. The van der Waals surface area contributed by atoms with E-state index in [2.05, 4.69) is 235 Å². The van der Waals surface area contributed by atoms with Crippen LogP contribution in [0.4, 0.5) is 0 Å². The summed E-state index contributed by atoms with van der Waals surface area (Å²) < 4.78 is 0. The summed E-state index contributed by atoms with van der Waals surface area (Å²) in [5.41, 5.74) is 19.1. The quantitative estimate of drug-likeness (QED) is 0.103. The average Bonchev–Trinajstić information content (AvgIpc) is 3.75. The third-order valence-electron chi connectivity index (χ3n) is 13.8. The van der Waals surface area contributed by atoms with Gasteiger partial charge in [-0.25, -0.2) is 4.99 Å². The summed E-state index contributed by atoms with van der Waals surface area (Å²) in [5.74, 6) is 0.937. The van der Waals surface area contributed by atoms with Gasteiger partial charge in [-0.1, -0.05) is 222 Å². The van der Waals surface area contributed by atoms with Gasteiger partial charge in [-0.15, -0.1) is 0 Å². The van der Waals surface area contributed by atoms with Crippen molar-refractivity contribution in [3.63, 3.8) is 0 Å².